The van der Waals surface area contributed by atoms with E-state index >= 15 is 0 Å². The average molecular weight is 605 g/mol. The number of unbranched alkanes of at least 4 members (excludes halogenated alkanes) is 19. The number of carbonyl (C=O) groups is 1. The molecule has 0 bridgehead atoms. The molecule has 0 aromatic rings. The molecule has 0 saturated heterocycles. The van der Waals surface area contributed by atoms with Gasteiger partial charge in [0.05, 0.1) is 25.4 Å². The molecule has 3 atom stereocenters. The molecule has 5 N–H and O–H groups in total. The second kappa shape index (κ2) is 29.3. The maximum Gasteiger partial charge on any atom is 0.472 e. The number of amides is 1. The van der Waals surface area contributed by atoms with Crippen LogP contribution in [0.1, 0.15) is 155 Å². The summed E-state index contributed by atoms with van der Waals surface area (Å²) in [4.78, 5) is 22.4. The number of phosphoric acid groups is 1. The summed E-state index contributed by atoms with van der Waals surface area (Å²) in [7, 11) is -4.32. The summed E-state index contributed by atoms with van der Waals surface area (Å²) in [6.45, 7) is 4.06. The van der Waals surface area contributed by atoms with E-state index in [4.69, 9.17) is 14.8 Å². The maximum atomic E-state index is 12.5. The first-order valence-electron chi connectivity index (χ1n) is 16.8. The van der Waals surface area contributed by atoms with Gasteiger partial charge in [0.15, 0.2) is 0 Å². The summed E-state index contributed by atoms with van der Waals surface area (Å²) in [5.41, 5.74) is 5.33. The van der Waals surface area contributed by atoms with Crippen molar-refractivity contribution in [1.82, 2.24) is 5.32 Å². The van der Waals surface area contributed by atoms with Crippen LogP contribution in [0.4, 0.5) is 0 Å². The molecule has 8 nitrogen and oxygen atoms in total. The van der Waals surface area contributed by atoms with Crippen molar-refractivity contribution in [2.75, 3.05) is 19.8 Å². The highest BCUT2D eigenvalue weighted by Gasteiger charge is 2.26. The number of rotatable bonds is 31. The van der Waals surface area contributed by atoms with E-state index in [2.05, 4.69) is 19.2 Å². The fourth-order valence-electron chi connectivity index (χ4n) is 4.78. The molecular formula is C32H65N2O6P. The summed E-state index contributed by atoms with van der Waals surface area (Å²) in [5.74, 6) is -0.202. The van der Waals surface area contributed by atoms with Gasteiger partial charge in [-0.3, -0.25) is 13.8 Å². The lowest BCUT2D eigenvalue weighted by molar-refractivity contribution is -0.123. The molecule has 0 rings (SSSR count). The number of nitrogens with one attached hydrogen (secondary N) is 1. The van der Waals surface area contributed by atoms with Crippen molar-refractivity contribution in [3.8, 4) is 0 Å². The Bertz CT molecular complexity index is 664. The van der Waals surface area contributed by atoms with Crippen molar-refractivity contribution in [2.24, 2.45) is 5.73 Å². The molecule has 0 saturated carbocycles. The molecular weight excluding hydrogens is 539 g/mol. The Labute approximate surface area is 252 Å². The molecule has 1 amide bonds. The van der Waals surface area contributed by atoms with Crippen LogP contribution in [0, 0.1) is 0 Å². The normalized spacial score (nSPS) is 14.8. The van der Waals surface area contributed by atoms with Crippen molar-refractivity contribution < 1.29 is 28.4 Å². The molecule has 1 unspecified atom stereocenters. The van der Waals surface area contributed by atoms with E-state index in [-0.39, 0.29) is 25.7 Å². The van der Waals surface area contributed by atoms with Crippen molar-refractivity contribution in [3.63, 3.8) is 0 Å². The molecule has 0 aromatic heterocycles. The molecule has 41 heavy (non-hydrogen) atoms. The highest BCUT2D eigenvalue weighted by Crippen LogP contribution is 2.43. The van der Waals surface area contributed by atoms with E-state index in [0.717, 1.165) is 38.5 Å². The van der Waals surface area contributed by atoms with Crippen LogP contribution >= 0.6 is 7.82 Å². The van der Waals surface area contributed by atoms with Gasteiger partial charge in [-0.15, -0.1) is 0 Å². The van der Waals surface area contributed by atoms with Crippen molar-refractivity contribution >= 4 is 13.7 Å². The molecule has 0 radical (unpaired) electrons. The second-order valence-electron chi connectivity index (χ2n) is 11.4. The zero-order chi connectivity index (χ0) is 30.4. The summed E-state index contributed by atoms with van der Waals surface area (Å²) in [5, 5.41) is 13.5. The van der Waals surface area contributed by atoms with Gasteiger partial charge in [-0.1, -0.05) is 142 Å². The second-order valence-corrected chi connectivity index (χ2v) is 12.8. The van der Waals surface area contributed by atoms with Crippen LogP contribution in [0.15, 0.2) is 12.2 Å². The summed E-state index contributed by atoms with van der Waals surface area (Å²) in [6.07, 6.45) is 28.4. The highest BCUT2D eigenvalue weighted by atomic mass is 31.2. The Kier molecular flexibility index (Phi) is 28.8. The molecule has 0 aliphatic heterocycles. The van der Waals surface area contributed by atoms with Crippen LogP contribution in [0.25, 0.3) is 0 Å². The first-order valence-corrected chi connectivity index (χ1v) is 18.3. The number of hydrogen-bond donors (Lipinski definition) is 4. The van der Waals surface area contributed by atoms with Crippen LogP contribution in [0.2, 0.25) is 0 Å². The number of allylic oxidation sites excluding steroid dienone is 1. The van der Waals surface area contributed by atoms with Crippen molar-refractivity contribution in [3.05, 3.63) is 12.2 Å². The predicted octanol–water partition coefficient (Wildman–Crippen LogP) is 8.10. The van der Waals surface area contributed by atoms with Crippen LogP contribution < -0.4 is 11.1 Å². The minimum atomic E-state index is -4.32. The van der Waals surface area contributed by atoms with E-state index in [0.29, 0.717) is 6.42 Å². The number of phosphoric ester groups is 1. The quantitative estimate of drug-likeness (QED) is 0.0357. The fourth-order valence-corrected chi connectivity index (χ4v) is 5.54. The maximum absolute atomic E-state index is 12.5. The molecule has 0 aliphatic carbocycles. The molecule has 9 heteroatoms. The average Bonchev–Trinajstić information content (AvgIpc) is 2.95. The largest absolute Gasteiger partial charge is 0.472 e. The lowest BCUT2D eigenvalue weighted by Crippen LogP contribution is -2.45. The number of aliphatic hydroxyl groups excluding tert-OH is 1. The Balaban J connectivity index is 4.33. The Morgan fingerprint density at radius 1 is 0.780 bits per heavy atom. The SMILES string of the molecule is CCCCCCCCCCCCCCC/C=C/[C@@H](O)[C@H](COP(=O)(O)OCCN)NC(=O)CCCCCCCCC. The molecule has 0 aliphatic rings. The van der Waals surface area contributed by atoms with Gasteiger partial charge in [0.25, 0.3) is 0 Å². The molecule has 0 fully saturated rings. The number of carbonyl (C=O) groups excluding carboxylic acids is 1. The number of aliphatic hydroxyl groups is 1. The smallest absolute Gasteiger partial charge is 0.387 e. The minimum absolute atomic E-state index is 0.0804. The standard InChI is InChI=1S/C32H65N2O6P/c1-3-5-7-9-11-12-13-14-15-16-17-18-20-21-23-25-31(35)30(29-40-41(37,38)39-28-27-33)34-32(36)26-24-22-19-10-8-6-4-2/h23,25,30-31,35H,3-22,24,26-29,33H2,1-2H3,(H,34,36)(H,37,38)/b25-23+/t30-,31+/m0/s1. The number of hydrogen-bond acceptors (Lipinski definition) is 6. The summed E-state index contributed by atoms with van der Waals surface area (Å²) < 4.78 is 21.9. The van der Waals surface area contributed by atoms with Crippen molar-refractivity contribution in [2.45, 2.75) is 167 Å². The minimum Gasteiger partial charge on any atom is -0.387 e. The summed E-state index contributed by atoms with van der Waals surface area (Å²) >= 11 is 0. The van der Waals surface area contributed by atoms with Gasteiger partial charge in [0.2, 0.25) is 5.91 Å². The van der Waals surface area contributed by atoms with Gasteiger partial charge >= 0.3 is 7.82 Å². The Morgan fingerprint density at radius 3 is 1.73 bits per heavy atom. The third-order valence-electron chi connectivity index (χ3n) is 7.36. The highest BCUT2D eigenvalue weighted by molar-refractivity contribution is 7.47. The zero-order valence-corrected chi connectivity index (χ0v) is 27.4. The molecule has 0 spiro atoms. The Hall–Kier alpha value is -0.760. The van der Waals surface area contributed by atoms with Crippen LogP contribution in [-0.4, -0.2) is 47.8 Å². The van der Waals surface area contributed by atoms with E-state index < -0.39 is 20.0 Å². The predicted molar refractivity (Wildman–Crippen MR) is 171 cm³/mol. The third kappa shape index (κ3) is 27.8. The van der Waals surface area contributed by atoms with Gasteiger partial charge in [-0.25, -0.2) is 4.57 Å². The molecule has 0 aromatic carbocycles. The van der Waals surface area contributed by atoms with Gasteiger partial charge in [-0.2, -0.15) is 0 Å². The number of nitrogens with two attached hydrogens (primary N) is 1. The van der Waals surface area contributed by atoms with Crippen LogP contribution in [0.3, 0.4) is 0 Å². The first-order chi connectivity index (χ1) is 19.9. The summed E-state index contributed by atoms with van der Waals surface area (Å²) in [6, 6.07) is -0.850. The fraction of sp³-hybridized carbons (Fsp3) is 0.906. The zero-order valence-electron chi connectivity index (χ0n) is 26.5. The van der Waals surface area contributed by atoms with E-state index in [1.54, 1.807) is 6.08 Å². The topological polar surface area (TPSA) is 131 Å². The van der Waals surface area contributed by atoms with E-state index in [1.165, 1.54) is 96.3 Å². The van der Waals surface area contributed by atoms with E-state index in [1.807, 2.05) is 6.08 Å². The molecule has 0 heterocycles. The first kappa shape index (κ1) is 40.2. The van der Waals surface area contributed by atoms with Crippen LogP contribution in [-0.2, 0) is 18.4 Å². The Morgan fingerprint density at radius 2 is 1.24 bits per heavy atom. The third-order valence-corrected chi connectivity index (χ3v) is 8.35. The van der Waals surface area contributed by atoms with Gasteiger partial charge < -0.3 is 21.1 Å². The monoisotopic (exact) mass is 604 g/mol. The molecule has 244 valence electrons. The van der Waals surface area contributed by atoms with Crippen molar-refractivity contribution in [1.29, 1.82) is 0 Å². The van der Waals surface area contributed by atoms with Gasteiger partial charge in [-0.05, 0) is 19.3 Å². The van der Waals surface area contributed by atoms with Gasteiger partial charge in [0, 0.05) is 13.0 Å². The lowest BCUT2D eigenvalue weighted by Gasteiger charge is -2.23. The van der Waals surface area contributed by atoms with Gasteiger partial charge in [0.1, 0.15) is 0 Å². The van der Waals surface area contributed by atoms with Crippen LogP contribution in [0.5, 0.6) is 0 Å². The lowest BCUT2D eigenvalue weighted by atomic mass is 10.0. The van der Waals surface area contributed by atoms with E-state index in [9.17, 15) is 19.4 Å².